The molecule has 0 unspecified atom stereocenters. The van der Waals surface area contributed by atoms with Crippen LogP contribution in [0.25, 0.3) is 10.4 Å². The number of carbonyl (C=O) groups excluding carboxylic acids is 3. The zero-order valence-electron chi connectivity index (χ0n) is 28.2. The highest BCUT2D eigenvalue weighted by Crippen LogP contribution is 2.28. The number of nitrogens with zero attached hydrogens (tertiary/aromatic N) is 4. The molecule has 1 aromatic carbocycles. The molecule has 3 amide bonds. The normalized spacial score (nSPS) is 21.9. The molecule has 4 heterocycles. The van der Waals surface area contributed by atoms with E-state index in [1.54, 1.807) is 11.3 Å². The Kier molecular flexibility index (Phi) is 11.5. The molecule has 0 saturated carbocycles. The number of aliphatic hydroxyl groups is 1. The average Bonchev–Trinajstić information content (AvgIpc) is 3.63. The number of hydrogen-bond acceptors (Lipinski definition) is 10. The number of likely N-dealkylation sites (tertiary alicyclic amines) is 3. The number of aryl methyl sites for hydroxylation is 1. The second kappa shape index (κ2) is 15.4. The Balaban J connectivity index is 1.11. The van der Waals surface area contributed by atoms with Crippen LogP contribution in [0.3, 0.4) is 0 Å². The van der Waals surface area contributed by atoms with E-state index in [1.807, 2.05) is 67.3 Å². The number of amides is 3. The van der Waals surface area contributed by atoms with Gasteiger partial charge in [0.1, 0.15) is 12.1 Å². The Labute approximate surface area is 285 Å². The minimum atomic E-state index is -0.887. The van der Waals surface area contributed by atoms with Crippen LogP contribution in [0.5, 0.6) is 0 Å². The van der Waals surface area contributed by atoms with Crippen molar-refractivity contribution in [1.29, 1.82) is 0 Å². The highest BCUT2D eigenvalue weighted by Gasteiger charge is 2.44. The quantitative estimate of drug-likeness (QED) is 0.258. The van der Waals surface area contributed by atoms with Gasteiger partial charge in [0.25, 0.3) is 0 Å². The van der Waals surface area contributed by atoms with Gasteiger partial charge in [0.2, 0.25) is 17.7 Å². The molecule has 2 aromatic rings. The molecule has 262 valence electrons. The number of nitrogens with one attached hydrogen (secondary N) is 2. The Hall–Kier alpha value is -3.43. The molecule has 13 nitrogen and oxygen atoms in total. The first-order chi connectivity index (χ1) is 22.8. The minimum absolute atomic E-state index is 0.0187. The monoisotopic (exact) mass is 684 g/mol. The van der Waals surface area contributed by atoms with Crippen LogP contribution in [0.4, 0.5) is 0 Å². The van der Waals surface area contributed by atoms with E-state index in [9.17, 15) is 24.3 Å². The molecule has 0 bridgehead atoms. The highest BCUT2D eigenvalue weighted by molar-refractivity contribution is 7.13. The number of β-amino-alcohol motifs (C(OH)–C–C–N with tert-alkyl or cyclic N) is 1. The van der Waals surface area contributed by atoms with Crippen LogP contribution in [-0.2, 0) is 30.5 Å². The first-order valence-corrected chi connectivity index (χ1v) is 17.5. The summed E-state index contributed by atoms with van der Waals surface area (Å²) in [7, 11) is 0. The van der Waals surface area contributed by atoms with E-state index >= 15 is 0 Å². The summed E-state index contributed by atoms with van der Waals surface area (Å²) in [4.78, 5) is 62.1. The summed E-state index contributed by atoms with van der Waals surface area (Å²) in [6.07, 6.45) is 0.935. The summed E-state index contributed by atoms with van der Waals surface area (Å²) in [5, 5.41) is 25.3. The number of carboxylic acid groups (broad SMARTS) is 1. The van der Waals surface area contributed by atoms with E-state index in [-0.39, 0.29) is 62.5 Å². The molecular weight excluding hydrogens is 636 g/mol. The Morgan fingerprint density at radius 3 is 2.31 bits per heavy atom. The van der Waals surface area contributed by atoms with E-state index in [0.29, 0.717) is 26.2 Å². The van der Waals surface area contributed by atoms with Crippen molar-refractivity contribution in [2.45, 2.75) is 83.9 Å². The summed E-state index contributed by atoms with van der Waals surface area (Å²) >= 11 is 1.58. The third-order valence-corrected chi connectivity index (χ3v) is 10.3. The van der Waals surface area contributed by atoms with Gasteiger partial charge >= 0.3 is 5.97 Å². The number of carbonyl (C=O) groups is 4. The molecule has 4 N–H and O–H groups in total. The number of rotatable bonds is 12. The van der Waals surface area contributed by atoms with Gasteiger partial charge in [-0.3, -0.25) is 29.0 Å². The largest absolute Gasteiger partial charge is 0.480 e. The number of aromatic nitrogens is 1. The van der Waals surface area contributed by atoms with Crippen LogP contribution in [0.15, 0.2) is 29.8 Å². The Morgan fingerprint density at radius 2 is 1.71 bits per heavy atom. The zero-order chi connectivity index (χ0) is 34.6. The molecule has 0 radical (unpaired) electrons. The number of piperidine rings is 1. The van der Waals surface area contributed by atoms with E-state index in [1.165, 1.54) is 4.90 Å². The number of benzene rings is 1. The fraction of sp³-hybridized carbons (Fsp3) is 0.618. The van der Waals surface area contributed by atoms with Crippen molar-refractivity contribution >= 4 is 35.0 Å². The maximum atomic E-state index is 13.9. The van der Waals surface area contributed by atoms with Crippen LogP contribution in [0, 0.1) is 12.3 Å². The number of carboxylic acids is 1. The predicted molar refractivity (Wildman–Crippen MR) is 180 cm³/mol. The first kappa shape index (κ1) is 35.9. The fourth-order valence-electron chi connectivity index (χ4n) is 6.59. The first-order valence-electron chi connectivity index (χ1n) is 16.6. The van der Waals surface area contributed by atoms with Gasteiger partial charge in [-0.05, 0) is 36.3 Å². The molecule has 5 rings (SSSR count). The average molecular weight is 685 g/mol. The van der Waals surface area contributed by atoms with Crippen LogP contribution >= 0.6 is 11.3 Å². The molecule has 3 saturated heterocycles. The lowest BCUT2D eigenvalue weighted by Gasteiger charge is -2.41. The molecule has 0 spiro atoms. The van der Waals surface area contributed by atoms with E-state index < -0.39 is 29.6 Å². The molecular formula is C34H48N6O7S. The van der Waals surface area contributed by atoms with Gasteiger partial charge < -0.3 is 30.5 Å². The Bertz CT molecular complexity index is 1450. The number of thiazole rings is 1. The number of aliphatic carboxylic acids is 1. The molecule has 3 fully saturated rings. The highest BCUT2D eigenvalue weighted by atomic mass is 32.1. The van der Waals surface area contributed by atoms with Crippen molar-refractivity contribution in [3.63, 3.8) is 0 Å². The minimum Gasteiger partial charge on any atom is -0.480 e. The van der Waals surface area contributed by atoms with Crippen molar-refractivity contribution in [3.8, 4) is 10.4 Å². The zero-order valence-corrected chi connectivity index (χ0v) is 29.0. The van der Waals surface area contributed by atoms with Gasteiger partial charge in [-0.2, -0.15) is 0 Å². The standard InChI is InChI=1S/C34H48N6O7S/c1-21-30(48-20-36-21)23-7-5-22(6-8-23)14-35-32(45)27-13-24(41)15-40(27)33(46)31(34(2,3)4)37-28(42)18-38-11-9-25(10-12-38)47-26-16-39(17-26)19-29(43)44/h5-8,20,24-27,31,41H,9-19H2,1-4H3,(H,35,45)(H,37,42)(H,43,44)/t24-,27+,31-/m1/s1. The molecule has 48 heavy (non-hydrogen) atoms. The van der Waals surface area contributed by atoms with Crippen molar-refractivity contribution in [2.75, 3.05) is 45.8 Å². The van der Waals surface area contributed by atoms with Crippen molar-refractivity contribution < 1.29 is 34.1 Å². The van der Waals surface area contributed by atoms with E-state index in [0.717, 1.165) is 34.5 Å². The molecule has 14 heteroatoms. The maximum Gasteiger partial charge on any atom is 0.317 e. The number of aliphatic hydroxyl groups excluding tert-OH is 1. The molecule has 3 aliphatic heterocycles. The van der Waals surface area contributed by atoms with Crippen LogP contribution in [0.2, 0.25) is 0 Å². The summed E-state index contributed by atoms with van der Waals surface area (Å²) in [5.41, 5.74) is 4.12. The molecule has 1 aromatic heterocycles. The molecule has 3 atom stereocenters. The van der Waals surface area contributed by atoms with Crippen molar-refractivity contribution in [3.05, 3.63) is 41.0 Å². The van der Waals surface area contributed by atoms with Gasteiger partial charge in [-0.15, -0.1) is 11.3 Å². The number of hydrogen-bond donors (Lipinski definition) is 4. The second-order valence-corrected chi connectivity index (χ2v) is 15.1. The van der Waals surface area contributed by atoms with Crippen LogP contribution < -0.4 is 10.6 Å². The van der Waals surface area contributed by atoms with Crippen molar-refractivity contribution in [2.24, 2.45) is 5.41 Å². The van der Waals surface area contributed by atoms with E-state index in [4.69, 9.17) is 9.84 Å². The maximum absolute atomic E-state index is 13.9. The van der Waals surface area contributed by atoms with Crippen LogP contribution in [-0.4, -0.2) is 130 Å². The Morgan fingerprint density at radius 1 is 1.02 bits per heavy atom. The molecule has 0 aliphatic carbocycles. The van der Waals surface area contributed by atoms with Crippen LogP contribution in [0.1, 0.15) is 51.3 Å². The lowest BCUT2D eigenvalue weighted by atomic mass is 9.85. The molecule has 3 aliphatic rings. The van der Waals surface area contributed by atoms with Gasteiger partial charge in [-0.1, -0.05) is 45.0 Å². The second-order valence-electron chi connectivity index (χ2n) is 14.3. The SMILES string of the molecule is Cc1ncsc1-c1ccc(CNC(=O)[C@@H]2C[C@@H](O)CN2C(=O)[C@@H](NC(=O)CN2CCC(OC3CN(CC(=O)O)C3)CC2)C(C)(C)C)cc1. The smallest absolute Gasteiger partial charge is 0.317 e. The van der Waals surface area contributed by atoms with Gasteiger partial charge in [0, 0.05) is 45.7 Å². The summed E-state index contributed by atoms with van der Waals surface area (Å²) in [5.74, 6) is -1.84. The lowest BCUT2D eigenvalue weighted by Crippen LogP contribution is -2.59. The van der Waals surface area contributed by atoms with E-state index in [2.05, 4.69) is 15.6 Å². The number of ether oxygens (including phenoxy) is 1. The van der Waals surface area contributed by atoms with Gasteiger partial charge in [-0.25, -0.2) is 4.98 Å². The third kappa shape index (κ3) is 9.17. The van der Waals surface area contributed by atoms with Gasteiger partial charge in [0.05, 0.1) is 47.5 Å². The fourth-order valence-corrected chi connectivity index (χ4v) is 7.41. The third-order valence-electron chi connectivity index (χ3n) is 9.28. The predicted octanol–water partition coefficient (Wildman–Crippen LogP) is 1.48. The summed E-state index contributed by atoms with van der Waals surface area (Å²) in [6.45, 7) is 10.6. The van der Waals surface area contributed by atoms with Crippen molar-refractivity contribution in [1.82, 2.24) is 30.3 Å². The topological polar surface area (TPSA) is 165 Å². The summed E-state index contributed by atoms with van der Waals surface area (Å²) < 4.78 is 6.13. The van der Waals surface area contributed by atoms with Gasteiger partial charge in [0.15, 0.2) is 0 Å². The summed E-state index contributed by atoms with van der Waals surface area (Å²) in [6, 6.07) is 6.16. The lowest BCUT2D eigenvalue weighted by molar-refractivity contribution is -0.146.